The number of amides is 2. The Balaban J connectivity index is 2.54. The van der Waals surface area contributed by atoms with Crippen molar-refractivity contribution in [1.82, 2.24) is 5.32 Å². The van der Waals surface area contributed by atoms with Gasteiger partial charge in [-0.3, -0.25) is 4.90 Å². The second-order valence-corrected chi connectivity index (χ2v) is 6.16. The molecular weight excluding hydrogens is 318 g/mol. The molecule has 0 saturated heterocycles. The second-order valence-electron chi connectivity index (χ2n) is 4.60. The highest BCUT2D eigenvalue weighted by molar-refractivity contribution is 7.89. The van der Waals surface area contributed by atoms with Gasteiger partial charge in [-0.25, -0.2) is 18.4 Å². The van der Waals surface area contributed by atoms with Crippen LogP contribution in [-0.4, -0.2) is 28.6 Å². The number of carbonyl (C=O) groups excluding carboxylic acids is 1. The standard InChI is InChI=1S/C15H17N3O4S/c1-17-15(19)18(13-5-3-4-6-14(13)22-2)11-7-9-12(10-8-11)23(16,20)21/h3-10H,1-2H3,(H,17,19)(H2,16,20,21). The van der Waals surface area contributed by atoms with Crippen LogP contribution < -0.4 is 20.1 Å². The normalized spacial score (nSPS) is 10.9. The zero-order valence-corrected chi connectivity index (χ0v) is 13.5. The van der Waals surface area contributed by atoms with Crippen molar-refractivity contribution in [2.45, 2.75) is 4.90 Å². The third kappa shape index (κ3) is 3.61. The molecule has 0 aliphatic heterocycles. The first-order valence-corrected chi connectivity index (χ1v) is 8.21. The Hall–Kier alpha value is -2.58. The lowest BCUT2D eigenvalue weighted by atomic mass is 10.2. The monoisotopic (exact) mass is 335 g/mol. The predicted molar refractivity (Wildman–Crippen MR) is 87.4 cm³/mol. The second kappa shape index (κ2) is 6.67. The third-order valence-electron chi connectivity index (χ3n) is 3.17. The molecule has 0 unspecified atom stereocenters. The van der Waals surface area contributed by atoms with E-state index in [1.54, 1.807) is 24.3 Å². The Morgan fingerprint density at radius 3 is 2.26 bits per heavy atom. The van der Waals surface area contributed by atoms with Crippen LogP contribution in [0.3, 0.4) is 0 Å². The highest BCUT2D eigenvalue weighted by atomic mass is 32.2. The number of sulfonamides is 1. The molecule has 0 fully saturated rings. The fraction of sp³-hybridized carbons (Fsp3) is 0.133. The van der Waals surface area contributed by atoms with Crippen LogP contribution in [0.15, 0.2) is 53.4 Å². The van der Waals surface area contributed by atoms with Crippen molar-refractivity contribution < 1.29 is 17.9 Å². The quantitative estimate of drug-likeness (QED) is 0.889. The van der Waals surface area contributed by atoms with Gasteiger partial charge in [0.2, 0.25) is 10.0 Å². The van der Waals surface area contributed by atoms with E-state index in [2.05, 4.69) is 5.32 Å². The molecule has 7 nitrogen and oxygen atoms in total. The number of hydrogen-bond donors (Lipinski definition) is 2. The Labute approximate surface area is 134 Å². The topological polar surface area (TPSA) is 102 Å². The van der Waals surface area contributed by atoms with Crippen molar-refractivity contribution in [2.75, 3.05) is 19.1 Å². The number of nitrogens with two attached hydrogens (primary N) is 1. The van der Waals surface area contributed by atoms with Crippen molar-refractivity contribution in [1.29, 1.82) is 0 Å². The number of para-hydroxylation sites is 2. The Kier molecular flexibility index (Phi) is 4.87. The van der Waals surface area contributed by atoms with Gasteiger partial charge < -0.3 is 10.1 Å². The molecular formula is C15H17N3O4S. The molecule has 23 heavy (non-hydrogen) atoms. The number of ether oxygens (including phenoxy) is 1. The van der Waals surface area contributed by atoms with Gasteiger partial charge in [-0.2, -0.15) is 0 Å². The van der Waals surface area contributed by atoms with E-state index in [1.807, 2.05) is 0 Å². The average Bonchev–Trinajstić information content (AvgIpc) is 2.55. The molecule has 0 spiro atoms. The zero-order chi connectivity index (χ0) is 17.0. The molecule has 0 aromatic heterocycles. The zero-order valence-electron chi connectivity index (χ0n) is 12.7. The van der Waals surface area contributed by atoms with E-state index in [-0.39, 0.29) is 4.90 Å². The first-order valence-electron chi connectivity index (χ1n) is 6.66. The molecule has 3 N–H and O–H groups in total. The van der Waals surface area contributed by atoms with Crippen LogP contribution in [0.1, 0.15) is 0 Å². The van der Waals surface area contributed by atoms with Crippen molar-refractivity contribution in [3.63, 3.8) is 0 Å². The average molecular weight is 335 g/mol. The highest BCUT2D eigenvalue weighted by Gasteiger charge is 2.20. The summed E-state index contributed by atoms with van der Waals surface area (Å²) in [4.78, 5) is 13.6. The van der Waals surface area contributed by atoms with Gasteiger partial charge in [0, 0.05) is 7.05 Å². The number of benzene rings is 2. The molecule has 2 aromatic carbocycles. The summed E-state index contributed by atoms with van der Waals surface area (Å²) >= 11 is 0. The first kappa shape index (κ1) is 16.8. The molecule has 8 heteroatoms. The molecule has 0 heterocycles. The van der Waals surface area contributed by atoms with Gasteiger partial charge in [-0.15, -0.1) is 0 Å². The number of carbonyl (C=O) groups is 1. The summed E-state index contributed by atoms with van der Waals surface area (Å²) < 4.78 is 28.0. The van der Waals surface area contributed by atoms with Crippen LogP contribution in [-0.2, 0) is 10.0 Å². The summed E-state index contributed by atoms with van der Waals surface area (Å²) in [5.41, 5.74) is 0.999. The van der Waals surface area contributed by atoms with Gasteiger partial charge in [0.15, 0.2) is 0 Å². The van der Waals surface area contributed by atoms with Gasteiger partial charge in [0.1, 0.15) is 5.75 Å². The molecule has 0 saturated carbocycles. The number of anilines is 2. The van der Waals surface area contributed by atoms with Crippen molar-refractivity contribution in [3.05, 3.63) is 48.5 Å². The van der Waals surface area contributed by atoms with Crippen LogP contribution in [0, 0.1) is 0 Å². The number of primary sulfonamides is 1. The number of hydrogen-bond acceptors (Lipinski definition) is 4. The van der Waals surface area contributed by atoms with Crippen LogP contribution in [0.5, 0.6) is 5.75 Å². The number of methoxy groups -OCH3 is 1. The summed E-state index contributed by atoms with van der Waals surface area (Å²) in [6.45, 7) is 0. The highest BCUT2D eigenvalue weighted by Crippen LogP contribution is 2.33. The maximum atomic E-state index is 12.3. The van der Waals surface area contributed by atoms with Gasteiger partial charge in [0.25, 0.3) is 0 Å². The molecule has 0 aliphatic rings. The lowest BCUT2D eigenvalue weighted by molar-refractivity contribution is 0.250. The lowest BCUT2D eigenvalue weighted by Gasteiger charge is -2.24. The Morgan fingerprint density at radius 2 is 1.74 bits per heavy atom. The van der Waals surface area contributed by atoms with E-state index in [9.17, 15) is 13.2 Å². The van der Waals surface area contributed by atoms with E-state index in [0.29, 0.717) is 17.1 Å². The molecule has 0 aliphatic carbocycles. The van der Waals surface area contributed by atoms with Gasteiger partial charge in [-0.05, 0) is 36.4 Å². The summed E-state index contributed by atoms with van der Waals surface area (Å²) in [6, 6.07) is 12.3. The predicted octanol–water partition coefficient (Wildman–Crippen LogP) is 1.82. The van der Waals surface area contributed by atoms with E-state index in [4.69, 9.17) is 9.88 Å². The van der Waals surface area contributed by atoms with Crippen LogP contribution in [0.2, 0.25) is 0 Å². The maximum Gasteiger partial charge on any atom is 0.326 e. The van der Waals surface area contributed by atoms with Crippen LogP contribution in [0.4, 0.5) is 16.2 Å². The lowest BCUT2D eigenvalue weighted by Crippen LogP contribution is -2.34. The Morgan fingerprint density at radius 1 is 1.13 bits per heavy atom. The van der Waals surface area contributed by atoms with Gasteiger partial charge in [-0.1, -0.05) is 12.1 Å². The minimum atomic E-state index is -3.79. The fourth-order valence-electron chi connectivity index (χ4n) is 2.08. The minimum Gasteiger partial charge on any atom is -0.495 e. The largest absolute Gasteiger partial charge is 0.495 e. The molecule has 0 atom stereocenters. The van der Waals surface area contributed by atoms with Crippen molar-refractivity contribution >= 4 is 27.4 Å². The number of nitrogens with one attached hydrogen (secondary N) is 1. The maximum absolute atomic E-state index is 12.3. The molecule has 0 bridgehead atoms. The SMILES string of the molecule is CNC(=O)N(c1ccc(S(N)(=O)=O)cc1)c1ccccc1OC. The Bertz CT molecular complexity index is 804. The fourth-order valence-corrected chi connectivity index (χ4v) is 2.59. The van der Waals surface area contributed by atoms with Gasteiger partial charge >= 0.3 is 6.03 Å². The van der Waals surface area contributed by atoms with E-state index >= 15 is 0 Å². The van der Waals surface area contributed by atoms with Crippen molar-refractivity contribution in [3.8, 4) is 5.75 Å². The number of urea groups is 1. The van der Waals surface area contributed by atoms with E-state index < -0.39 is 16.1 Å². The van der Waals surface area contributed by atoms with Gasteiger partial charge in [0.05, 0.1) is 23.4 Å². The molecule has 2 amide bonds. The summed E-state index contributed by atoms with van der Waals surface area (Å²) in [5, 5.41) is 7.63. The first-order chi connectivity index (χ1) is 10.9. The molecule has 2 aromatic rings. The summed E-state index contributed by atoms with van der Waals surface area (Å²) in [7, 11) is -0.784. The molecule has 2 rings (SSSR count). The smallest absolute Gasteiger partial charge is 0.326 e. The molecule has 122 valence electrons. The molecule has 0 radical (unpaired) electrons. The summed E-state index contributed by atoms with van der Waals surface area (Å²) in [6.07, 6.45) is 0. The van der Waals surface area contributed by atoms with Crippen molar-refractivity contribution in [2.24, 2.45) is 5.14 Å². The van der Waals surface area contributed by atoms with Crippen LogP contribution >= 0.6 is 0 Å². The third-order valence-corrected chi connectivity index (χ3v) is 4.10. The minimum absolute atomic E-state index is 0.0295. The van der Waals surface area contributed by atoms with E-state index in [0.717, 1.165) is 0 Å². The number of nitrogens with zero attached hydrogens (tertiary/aromatic N) is 1. The number of rotatable bonds is 4. The van der Waals surface area contributed by atoms with Crippen LogP contribution in [0.25, 0.3) is 0 Å². The van der Waals surface area contributed by atoms with E-state index in [1.165, 1.54) is 43.3 Å². The summed E-state index contributed by atoms with van der Waals surface area (Å²) in [5.74, 6) is 0.506.